The first-order valence-electron chi connectivity index (χ1n) is 5.08. The number of pyridine rings is 1. The molecule has 0 saturated heterocycles. The summed E-state index contributed by atoms with van der Waals surface area (Å²) in [5, 5.41) is 9.02. The van der Waals surface area contributed by atoms with E-state index < -0.39 is 5.97 Å². The number of aromatic carboxylic acids is 1. The zero-order valence-corrected chi connectivity index (χ0v) is 9.51. The molecule has 1 N–H and O–H groups in total. The Balaban J connectivity index is 2.57. The predicted octanol–water partition coefficient (Wildman–Crippen LogP) is 1.85. The van der Waals surface area contributed by atoms with Gasteiger partial charge in [-0.3, -0.25) is 4.98 Å². The Bertz CT molecular complexity index is 544. The molecular formula is C12H11N3O2. The lowest BCUT2D eigenvalue weighted by Gasteiger charge is -2.07. The van der Waals surface area contributed by atoms with Crippen molar-refractivity contribution in [2.24, 2.45) is 0 Å². The zero-order chi connectivity index (χ0) is 12.4. The van der Waals surface area contributed by atoms with Gasteiger partial charge in [-0.25, -0.2) is 14.8 Å². The summed E-state index contributed by atoms with van der Waals surface area (Å²) in [6, 6.07) is 3.57. The van der Waals surface area contributed by atoms with Crippen LogP contribution in [0.25, 0.3) is 11.4 Å². The van der Waals surface area contributed by atoms with Crippen LogP contribution in [0, 0.1) is 13.8 Å². The molecule has 2 aromatic heterocycles. The second kappa shape index (κ2) is 4.29. The molecule has 0 atom stereocenters. The van der Waals surface area contributed by atoms with Crippen molar-refractivity contribution in [3.8, 4) is 11.4 Å². The number of nitrogens with zero attached hydrogens (tertiary/aromatic N) is 3. The van der Waals surface area contributed by atoms with Crippen LogP contribution in [0.2, 0.25) is 0 Å². The van der Waals surface area contributed by atoms with E-state index in [4.69, 9.17) is 5.11 Å². The molecule has 0 aromatic carbocycles. The molecular weight excluding hydrogens is 218 g/mol. The van der Waals surface area contributed by atoms with E-state index in [1.165, 1.54) is 0 Å². The topological polar surface area (TPSA) is 76.0 Å². The zero-order valence-electron chi connectivity index (χ0n) is 9.51. The Kier molecular flexibility index (Phi) is 2.82. The van der Waals surface area contributed by atoms with Crippen LogP contribution in [0.1, 0.15) is 21.7 Å². The average molecular weight is 229 g/mol. The Labute approximate surface area is 98.2 Å². The minimum Gasteiger partial charge on any atom is -0.478 e. The number of rotatable bonds is 2. The van der Waals surface area contributed by atoms with Crippen molar-refractivity contribution < 1.29 is 9.90 Å². The maximum atomic E-state index is 11.0. The van der Waals surface area contributed by atoms with Gasteiger partial charge in [0.25, 0.3) is 0 Å². The first-order chi connectivity index (χ1) is 8.09. The molecule has 0 aliphatic rings. The molecule has 17 heavy (non-hydrogen) atoms. The van der Waals surface area contributed by atoms with E-state index in [1.807, 2.05) is 0 Å². The highest BCUT2D eigenvalue weighted by atomic mass is 16.4. The molecule has 0 aliphatic heterocycles. The quantitative estimate of drug-likeness (QED) is 0.850. The standard InChI is InChI=1S/C12H11N3O2/c1-7-10(12(16)17)8(2)15-11(14-7)9-3-5-13-6-4-9/h3-6H,1-2H3,(H,16,17). The number of hydrogen-bond donors (Lipinski definition) is 1. The summed E-state index contributed by atoms with van der Waals surface area (Å²) in [6.07, 6.45) is 3.29. The number of carboxylic acid groups (broad SMARTS) is 1. The van der Waals surface area contributed by atoms with E-state index >= 15 is 0 Å². The molecule has 2 heterocycles. The number of carboxylic acids is 1. The lowest BCUT2D eigenvalue weighted by atomic mass is 10.1. The van der Waals surface area contributed by atoms with Crippen LogP contribution >= 0.6 is 0 Å². The van der Waals surface area contributed by atoms with Gasteiger partial charge in [0.05, 0.1) is 11.4 Å². The molecule has 0 saturated carbocycles. The summed E-state index contributed by atoms with van der Waals surface area (Å²) in [5.74, 6) is -0.478. The van der Waals surface area contributed by atoms with Crippen molar-refractivity contribution >= 4 is 5.97 Å². The SMILES string of the molecule is Cc1nc(-c2ccncc2)nc(C)c1C(=O)O. The highest BCUT2D eigenvalue weighted by molar-refractivity contribution is 5.90. The molecule has 0 unspecified atom stereocenters. The Morgan fingerprint density at radius 2 is 1.65 bits per heavy atom. The maximum Gasteiger partial charge on any atom is 0.339 e. The van der Waals surface area contributed by atoms with Gasteiger partial charge in [0, 0.05) is 18.0 Å². The van der Waals surface area contributed by atoms with Gasteiger partial charge in [-0.1, -0.05) is 0 Å². The molecule has 2 rings (SSSR count). The van der Waals surface area contributed by atoms with Crippen LogP contribution in [-0.2, 0) is 0 Å². The van der Waals surface area contributed by atoms with Gasteiger partial charge in [0.2, 0.25) is 0 Å². The molecule has 0 amide bonds. The van der Waals surface area contributed by atoms with Crippen LogP contribution in [-0.4, -0.2) is 26.0 Å². The molecule has 0 aliphatic carbocycles. The van der Waals surface area contributed by atoms with Gasteiger partial charge in [0.15, 0.2) is 5.82 Å². The van der Waals surface area contributed by atoms with Crippen LogP contribution < -0.4 is 0 Å². The van der Waals surface area contributed by atoms with Crippen molar-refractivity contribution in [3.63, 3.8) is 0 Å². The molecule has 0 fully saturated rings. The Hall–Kier alpha value is -2.30. The summed E-state index contributed by atoms with van der Waals surface area (Å²) in [7, 11) is 0. The summed E-state index contributed by atoms with van der Waals surface area (Å²) in [6.45, 7) is 3.34. The van der Waals surface area contributed by atoms with E-state index in [0.29, 0.717) is 17.2 Å². The lowest BCUT2D eigenvalue weighted by Crippen LogP contribution is -2.08. The van der Waals surface area contributed by atoms with Crippen molar-refractivity contribution in [2.75, 3.05) is 0 Å². The van der Waals surface area contributed by atoms with Crippen molar-refractivity contribution in [2.45, 2.75) is 13.8 Å². The fraction of sp³-hybridized carbons (Fsp3) is 0.167. The summed E-state index contributed by atoms with van der Waals surface area (Å²) < 4.78 is 0. The first kappa shape index (κ1) is 11.2. The summed E-state index contributed by atoms with van der Waals surface area (Å²) >= 11 is 0. The first-order valence-corrected chi connectivity index (χ1v) is 5.08. The van der Waals surface area contributed by atoms with E-state index in [1.54, 1.807) is 38.4 Å². The van der Waals surface area contributed by atoms with Gasteiger partial charge < -0.3 is 5.11 Å². The Morgan fingerprint density at radius 3 is 2.12 bits per heavy atom. The minimum atomic E-state index is -0.999. The number of hydrogen-bond acceptors (Lipinski definition) is 4. The van der Waals surface area contributed by atoms with E-state index in [0.717, 1.165) is 5.56 Å². The van der Waals surface area contributed by atoms with Gasteiger partial charge in [-0.2, -0.15) is 0 Å². The number of aryl methyl sites for hydroxylation is 2. The third-order valence-corrected chi connectivity index (χ3v) is 2.42. The highest BCUT2D eigenvalue weighted by Crippen LogP contribution is 2.17. The lowest BCUT2D eigenvalue weighted by molar-refractivity contribution is 0.0694. The maximum absolute atomic E-state index is 11.0. The molecule has 0 radical (unpaired) electrons. The molecule has 86 valence electrons. The van der Waals surface area contributed by atoms with Crippen molar-refractivity contribution in [1.82, 2.24) is 15.0 Å². The molecule has 5 heteroatoms. The third kappa shape index (κ3) is 2.13. The van der Waals surface area contributed by atoms with Crippen molar-refractivity contribution in [3.05, 3.63) is 41.5 Å². The van der Waals surface area contributed by atoms with E-state index in [2.05, 4.69) is 15.0 Å². The van der Waals surface area contributed by atoms with Crippen LogP contribution in [0.15, 0.2) is 24.5 Å². The van der Waals surface area contributed by atoms with Gasteiger partial charge in [0.1, 0.15) is 5.56 Å². The van der Waals surface area contributed by atoms with Crippen LogP contribution in [0.4, 0.5) is 0 Å². The second-order valence-electron chi connectivity index (χ2n) is 3.63. The van der Waals surface area contributed by atoms with Crippen molar-refractivity contribution in [1.29, 1.82) is 0 Å². The highest BCUT2D eigenvalue weighted by Gasteiger charge is 2.15. The predicted molar refractivity (Wildman–Crippen MR) is 61.7 cm³/mol. The second-order valence-corrected chi connectivity index (χ2v) is 3.63. The fourth-order valence-corrected chi connectivity index (χ4v) is 1.66. The minimum absolute atomic E-state index is 0.169. The molecule has 2 aromatic rings. The molecule has 5 nitrogen and oxygen atoms in total. The monoisotopic (exact) mass is 229 g/mol. The normalized spacial score (nSPS) is 10.2. The molecule has 0 bridgehead atoms. The Morgan fingerprint density at radius 1 is 1.12 bits per heavy atom. The van der Waals surface area contributed by atoms with Gasteiger partial charge in [-0.15, -0.1) is 0 Å². The average Bonchev–Trinajstić information content (AvgIpc) is 2.28. The fourth-order valence-electron chi connectivity index (χ4n) is 1.66. The van der Waals surface area contributed by atoms with E-state index in [-0.39, 0.29) is 5.56 Å². The summed E-state index contributed by atoms with van der Waals surface area (Å²) in [5.41, 5.74) is 1.93. The van der Waals surface area contributed by atoms with E-state index in [9.17, 15) is 4.79 Å². The summed E-state index contributed by atoms with van der Waals surface area (Å²) in [4.78, 5) is 23.3. The third-order valence-electron chi connectivity index (χ3n) is 2.42. The smallest absolute Gasteiger partial charge is 0.339 e. The van der Waals surface area contributed by atoms with Gasteiger partial charge in [-0.05, 0) is 26.0 Å². The van der Waals surface area contributed by atoms with Crippen LogP contribution in [0.5, 0.6) is 0 Å². The number of aromatic nitrogens is 3. The largest absolute Gasteiger partial charge is 0.478 e. The number of carbonyl (C=O) groups is 1. The molecule has 0 spiro atoms. The van der Waals surface area contributed by atoms with Gasteiger partial charge >= 0.3 is 5.97 Å². The van der Waals surface area contributed by atoms with Crippen LogP contribution in [0.3, 0.4) is 0 Å².